The molecule has 2 aromatic heterocycles. The summed E-state index contributed by atoms with van der Waals surface area (Å²) in [7, 11) is 3.84. The average Bonchev–Trinajstić information content (AvgIpc) is 3.23. The maximum atomic E-state index is 6.60. The Morgan fingerprint density at radius 2 is 1.82 bits per heavy atom. The first-order chi connectivity index (χ1) is 16.0. The fourth-order valence-electron chi connectivity index (χ4n) is 4.49. The number of aryl methyl sites for hydroxylation is 1. The number of nitrogens with zero attached hydrogens (tertiary/aromatic N) is 5. The van der Waals surface area contributed by atoms with Crippen molar-refractivity contribution < 1.29 is 4.74 Å². The molecular formula is C25H27ClN6O. The summed E-state index contributed by atoms with van der Waals surface area (Å²) in [6.45, 7) is 6.03. The summed E-state index contributed by atoms with van der Waals surface area (Å²) in [4.78, 5) is 9.66. The summed E-state index contributed by atoms with van der Waals surface area (Å²) in [5, 5.41) is 5.24. The highest BCUT2D eigenvalue weighted by Crippen LogP contribution is 2.38. The van der Waals surface area contributed by atoms with Crippen molar-refractivity contribution in [2.24, 2.45) is 0 Å². The zero-order chi connectivity index (χ0) is 23.1. The molecular weight excluding hydrogens is 436 g/mol. The lowest BCUT2D eigenvalue weighted by molar-refractivity contribution is 0.313. The lowest BCUT2D eigenvalue weighted by atomic mass is 10.0. The third kappa shape index (κ3) is 3.87. The van der Waals surface area contributed by atoms with Crippen molar-refractivity contribution >= 4 is 28.8 Å². The lowest BCUT2D eigenvalue weighted by Crippen LogP contribution is -2.44. The van der Waals surface area contributed by atoms with Crippen molar-refractivity contribution in [2.75, 3.05) is 51.0 Å². The highest BCUT2D eigenvalue weighted by atomic mass is 35.5. The Kier molecular flexibility index (Phi) is 5.60. The van der Waals surface area contributed by atoms with Crippen molar-refractivity contribution in [3.63, 3.8) is 0 Å². The van der Waals surface area contributed by atoms with Gasteiger partial charge in [0.05, 0.1) is 24.6 Å². The summed E-state index contributed by atoms with van der Waals surface area (Å²) in [6, 6.07) is 13.9. The van der Waals surface area contributed by atoms with Crippen LogP contribution >= 0.6 is 11.6 Å². The quantitative estimate of drug-likeness (QED) is 0.485. The number of nitrogens with two attached hydrogens (primary N) is 1. The van der Waals surface area contributed by atoms with Crippen LogP contribution in [0.4, 0.5) is 11.5 Å². The number of hydrogen-bond acceptors (Lipinski definition) is 6. The Labute approximate surface area is 198 Å². The van der Waals surface area contributed by atoms with Crippen molar-refractivity contribution in [3.05, 3.63) is 59.4 Å². The molecule has 0 bridgehead atoms. The number of rotatable bonds is 4. The molecule has 1 saturated heterocycles. The number of methoxy groups -OCH3 is 1. The topological polar surface area (TPSA) is 71.9 Å². The van der Waals surface area contributed by atoms with Crippen LogP contribution in [0.2, 0.25) is 5.02 Å². The van der Waals surface area contributed by atoms with E-state index in [0.29, 0.717) is 16.5 Å². The predicted molar refractivity (Wildman–Crippen MR) is 134 cm³/mol. The van der Waals surface area contributed by atoms with E-state index in [2.05, 4.69) is 34.1 Å². The van der Waals surface area contributed by atoms with Gasteiger partial charge in [0, 0.05) is 48.0 Å². The van der Waals surface area contributed by atoms with Crippen LogP contribution in [0.15, 0.2) is 48.7 Å². The van der Waals surface area contributed by atoms with E-state index in [4.69, 9.17) is 27.1 Å². The molecule has 0 atom stereocenters. The van der Waals surface area contributed by atoms with Gasteiger partial charge >= 0.3 is 0 Å². The lowest BCUT2D eigenvalue weighted by Gasteiger charge is -2.34. The number of likely N-dealkylation sites (N-methyl/N-ethyl adjacent to an activating group) is 1. The molecule has 2 aromatic carbocycles. The monoisotopic (exact) mass is 462 g/mol. The van der Waals surface area contributed by atoms with Crippen LogP contribution in [0.25, 0.3) is 27.9 Å². The van der Waals surface area contributed by atoms with Gasteiger partial charge in [-0.15, -0.1) is 0 Å². The van der Waals surface area contributed by atoms with Gasteiger partial charge in [-0.1, -0.05) is 23.7 Å². The summed E-state index contributed by atoms with van der Waals surface area (Å²) in [5.74, 6) is 1.31. The summed E-state index contributed by atoms with van der Waals surface area (Å²) >= 11 is 6.22. The highest BCUT2D eigenvalue weighted by molar-refractivity contribution is 6.30. The maximum Gasteiger partial charge on any atom is 0.165 e. The van der Waals surface area contributed by atoms with E-state index in [9.17, 15) is 0 Å². The molecule has 0 radical (unpaired) electrons. The van der Waals surface area contributed by atoms with Crippen LogP contribution in [0.1, 0.15) is 5.69 Å². The van der Waals surface area contributed by atoms with E-state index < -0.39 is 0 Å². The van der Waals surface area contributed by atoms with E-state index in [0.717, 1.165) is 59.9 Å². The number of nitrogen functional groups attached to an aromatic ring is 1. The van der Waals surface area contributed by atoms with Gasteiger partial charge in [0.25, 0.3) is 0 Å². The molecule has 1 fully saturated rings. The SMILES string of the molecule is COc1ccc(N2CCN(C)CC2)cc1-c1cnn2c(N)c(-c3cccc(Cl)c3)c(C)nc12. The molecule has 1 aliphatic heterocycles. The van der Waals surface area contributed by atoms with E-state index in [1.54, 1.807) is 11.6 Å². The number of aromatic nitrogens is 3. The fraction of sp³-hybridized carbons (Fsp3) is 0.280. The van der Waals surface area contributed by atoms with Gasteiger partial charge in [-0.2, -0.15) is 9.61 Å². The minimum absolute atomic E-state index is 0.528. The third-order valence-electron chi connectivity index (χ3n) is 6.32. The first-order valence-electron chi connectivity index (χ1n) is 11.0. The zero-order valence-corrected chi connectivity index (χ0v) is 19.8. The van der Waals surface area contributed by atoms with Crippen LogP contribution in [0.3, 0.4) is 0 Å². The smallest absolute Gasteiger partial charge is 0.165 e. The minimum Gasteiger partial charge on any atom is -0.496 e. The van der Waals surface area contributed by atoms with Crippen molar-refractivity contribution in [1.82, 2.24) is 19.5 Å². The maximum absolute atomic E-state index is 6.60. The van der Waals surface area contributed by atoms with Gasteiger partial charge in [-0.3, -0.25) is 0 Å². The summed E-state index contributed by atoms with van der Waals surface area (Å²) < 4.78 is 7.40. The molecule has 0 amide bonds. The second kappa shape index (κ2) is 8.57. The normalized spacial score (nSPS) is 14.7. The predicted octanol–water partition coefficient (Wildman–Crippen LogP) is 4.37. The standard InChI is InChI=1S/C25H27ClN6O/c1-16-23(17-5-4-6-18(26)13-17)24(27)32-25(29-16)21(15-28-32)20-14-19(7-8-22(20)33-3)31-11-9-30(2)10-12-31/h4-8,13-15H,9-12,27H2,1-3H3. The number of piperazine rings is 1. The van der Waals surface area contributed by atoms with E-state index >= 15 is 0 Å². The second-order valence-electron chi connectivity index (χ2n) is 8.44. The van der Waals surface area contributed by atoms with E-state index in [1.165, 1.54) is 5.69 Å². The molecule has 170 valence electrons. The van der Waals surface area contributed by atoms with Crippen molar-refractivity contribution in [1.29, 1.82) is 0 Å². The average molecular weight is 463 g/mol. The molecule has 7 nitrogen and oxygen atoms in total. The molecule has 2 N–H and O–H groups in total. The number of fused-ring (bicyclic) bond motifs is 1. The molecule has 0 saturated carbocycles. The fourth-order valence-corrected chi connectivity index (χ4v) is 4.68. The number of anilines is 2. The van der Waals surface area contributed by atoms with Gasteiger partial charge < -0.3 is 20.3 Å². The van der Waals surface area contributed by atoms with Gasteiger partial charge in [-0.25, -0.2) is 4.98 Å². The largest absolute Gasteiger partial charge is 0.496 e. The van der Waals surface area contributed by atoms with E-state index in [-0.39, 0.29) is 0 Å². The first kappa shape index (κ1) is 21.6. The van der Waals surface area contributed by atoms with Crippen LogP contribution in [0.5, 0.6) is 5.75 Å². The molecule has 4 aromatic rings. The van der Waals surface area contributed by atoms with Crippen LogP contribution < -0.4 is 15.4 Å². The molecule has 8 heteroatoms. The molecule has 0 unspecified atom stereocenters. The van der Waals surface area contributed by atoms with Crippen LogP contribution in [-0.2, 0) is 0 Å². The Morgan fingerprint density at radius 1 is 1.03 bits per heavy atom. The number of halogens is 1. The first-order valence-corrected chi connectivity index (χ1v) is 11.4. The van der Waals surface area contributed by atoms with Gasteiger partial charge in [0.2, 0.25) is 0 Å². The van der Waals surface area contributed by atoms with Crippen LogP contribution in [-0.4, -0.2) is 59.8 Å². The van der Waals surface area contributed by atoms with Crippen LogP contribution in [0, 0.1) is 6.92 Å². The summed E-state index contributed by atoms with van der Waals surface area (Å²) in [6.07, 6.45) is 1.81. The molecule has 0 spiro atoms. The third-order valence-corrected chi connectivity index (χ3v) is 6.55. The second-order valence-corrected chi connectivity index (χ2v) is 8.87. The highest BCUT2D eigenvalue weighted by Gasteiger charge is 2.21. The Hall–Kier alpha value is -3.29. The molecule has 33 heavy (non-hydrogen) atoms. The molecule has 3 heterocycles. The Bertz CT molecular complexity index is 1330. The minimum atomic E-state index is 0.528. The van der Waals surface area contributed by atoms with E-state index in [1.807, 2.05) is 43.5 Å². The zero-order valence-electron chi connectivity index (χ0n) is 19.0. The molecule has 5 rings (SSSR count). The van der Waals surface area contributed by atoms with Crippen molar-refractivity contribution in [2.45, 2.75) is 6.92 Å². The van der Waals surface area contributed by atoms with Gasteiger partial charge in [0.15, 0.2) is 5.65 Å². The number of benzene rings is 2. The number of ether oxygens (including phenoxy) is 1. The number of hydrogen-bond donors (Lipinski definition) is 1. The van der Waals surface area contributed by atoms with Crippen molar-refractivity contribution in [3.8, 4) is 28.0 Å². The Balaban J connectivity index is 1.63. The van der Waals surface area contributed by atoms with Gasteiger partial charge in [0.1, 0.15) is 11.6 Å². The van der Waals surface area contributed by atoms with Gasteiger partial charge in [-0.05, 0) is 49.9 Å². The summed E-state index contributed by atoms with van der Waals surface area (Å²) in [5.41, 5.74) is 12.9. The molecule has 0 aliphatic carbocycles. The molecule has 1 aliphatic rings. The Morgan fingerprint density at radius 3 is 2.55 bits per heavy atom.